The second-order valence-corrected chi connectivity index (χ2v) is 6.34. The third-order valence-electron chi connectivity index (χ3n) is 3.62. The molecule has 1 aromatic rings. The summed E-state index contributed by atoms with van der Waals surface area (Å²) in [5, 5.41) is 1.14. The first-order chi connectivity index (χ1) is 8.51. The molecule has 0 spiro atoms. The third-order valence-corrected chi connectivity index (χ3v) is 4.68. The Morgan fingerprint density at radius 1 is 1.50 bits per heavy atom. The van der Waals surface area contributed by atoms with Crippen LogP contribution in [0.1, 0.15) is 22.5 Å². The van der Waals surface area contributed by atoms with Gasteiger partial charge in [-0.1, -0.05) is 6.92 Å². The number of hydrogen-bond donors (Lipinski definition) is 0. The van der Waals surface area contributed by atoms with Gasteiger partial charge in [0, 0.05) is 18.0 Å². The van der Waals surface area contributed by atoms with E-state index in [1.807, 2.05) is 6.92 Å². The zero-order valence-electron chi connectivity index (χ0n) is 11.4. The fraction of sp³-hybridized carbons (Fsp3) is 0.692. The lowest BCUT2D eigenvalue weighted by molar-refractivity contribution is -0.146. The largest absolute Gasteiger partial charge is 0.469 e. The van der Waals surface area contributed by atoms with Crippen molar-refractivity contribution >= 4 is 17.3 Å². The van der Waals surface area contributed by atoms with Crippen molar-refractivity contribution in [3.8, 4) is 0 Å². The minimum absolute atomic E-state index is 0.0113. The van der Waals surface area contributed by atoms with Crippen molar-refractivity contribution in [2.45, 2.75) is 27.3 Å². The van der Waals surface area contributed by atoms with Crippen molar-refractivity contribution in [3.63, 3.8) is 0 Å². The molecule has 0 amide bonds. The van der Waals surface area contributed by atoms with Gasteiger partial charge in [0.1, 0.15) is 5.01 Å². The topological polar surface area (TPSA) is 42.4 Å². The lowest BCUT2D eigenvalue weighted by atomic mass is 9.99. The number of thiazole rings is 1. The quantitative estimate of drug-likeness (QED) is 0.786. The lowest BCUT2D eigenvalue weighted by Crippen LogP contribution is -2.24. The molecule has 18 heavy (non-hydrogen) atoms. The molecule has 0 aromatic carbocycles. The monoisotopic (exact) mass is 268 g/mol. The molecule has 0 bridgehead atoms. The molecule has 2 unspecified atom stereocenters. The Morgan fingerprint density at radius 2 is 2.22 bits per heavy atom. The Morgan fingerprint density at radius 3 is 2.78 bits per heavy atom. The van der Waals surface area contributed by atoms with E-state index in [1.165, 1.54) is 12.0 Å². The maximum absolute atomic E-state index is 11.6. The van der Waals surface area contributed by atoms with Crippen molar-refractivity contribution < 1.29 is 9.53 Å². The molecule has 5 heteroatoms. The highest BCUT2D eigenvalue weighted by Crippen LogP contribution is 2.27. The zero-order chi connectivity index (χ0) is 13.3. The molecule has 0 radical (unpaired) electrons. The van der Waals surface area contributed by atoms with Crippen LogP contribution in [0.2, 0.25) is 0 Å². The van der Waals surface area contributed by atoms with Crippen molar-refractivity contribution in [1.29, 1.82) is 0 Å². The van der Waals surface area contributed by atoms with Crippen LogP contribution in [-0.4, -0.2) is 36.1 Å². The predicted molar refractivity (Wildman–Crippen MR) is 71.5 cm³/mol. The summed E-state index contributed by atoms with van der Waals surface area (Å²) in [6, 6.07) is 0. The number of nitrogens with zero attached hydrogens (tertiary/aromatic N) is 2. The van der Waals surface area contributed by atoms with Gasteiger partial charge in [0.25, 0.3) is 0 Å². The Kier molecular flexibility index (Phi) is 4.02. The van der Waals surface area contributed by atoms with Crippen molar-refractivity contribution in [3.05, 3.63) is 15.6 Å². The molecule has 2 heterocycles. The molecule has 1 aliphatic heterocycles. The van der Waals surface area contributed by atoms with Gasteiger partial charge in [0.05, 0.1) is 25.3 Å². The van der Waals surface area contributed by atoms with E-state index < -0.39 is 0 Å². The van der Waals surface area contributed by atoms with E-state index in [-0.39, 0.29) is 11.9 Å². The smallest absolute Gasteiger partial charge is 0.310 e. The number of carbonyl (C=O) groups excluding carboxylic acids is 1. The van der Waals surface area contributed by atoms with Gasteiger partial charge in [0.2, 0.25) is 0 Å². The van der Waals surface area contributed by atoms with Gasteiger partial charge in [-0.3, -0.25) is 9.69 Å². The van der Waals surface area contributed by atoms with Gasteiger partial charge in [0.15, 0.2) is 0 Å². The van der Waals surface area contributed by atoms with Crippen LogP contribution in [0.25, 0.3) is 0 Å². The van der Waals surface area contributed by atoms with Crippen LogP contribution >= 0.6 is 11.3 Å². The van der Waals surface area contributed by atoms with Gasteiger partial charge < -0.3 is 4.74 Å². The highest BCUT2D eigenvalue weighted by Gasteiger charge is 2.35. The number of aryl methyl sites for hydroxylation is 2. The van der Waals surface area contributed by atoms with Crippen LogP contribution in [-0.2, 0) is 16.1 Å². The van der Waals surface area contributed by atoms with Gasteiger partial charge in [-0.05, 0) is 19.8 Å². The standard InChI is InChI=1S/C13H20N2O2S/c1-8-5-15(6-11(8)13(16)17-4)7-12-14-9(2)10(3)18-12/h8,11H,5-7H2,1-4H3. The molecular formula is C13H20N2O2S. The third kappa shape index (κ3) is 2.72. The Balaban J connectivity index is 1.98. The number of rotatable bonds is 3. The predicted octanol–water partition coefficient (Wildman–Crippen LogP) is 2.00. The molecule has 1 saturated heterocycles. The van der Waals surface area contributed by atoms with Crippen LogP contribution in [0.4, 0.5) is 0 Å². The summed E-state index contributed by atoms with van der Waals surface area (Å²) in [6.07, 6.45) is 0. The normalized spacial score (nSPS) is 24.4. The summed E-state index contributed by atoms with van der Waals surface area (Å²) >= 11 is 1.75. The Hall–Kier alpha value is -0.940. The van der Waals surface area contributed by atoms with Gasteiger partial charge in [-0.15, -0.1) is 11.3 Å². The summed E-state index contributed by atoms with van der Waals surface area (Å²) in [5.74, 6) is 0.285. The van der Waals surface area contributed by atoms with E-state index in [0.29, 0.717) is 5.92 Å². The van der Waals surface area contributed by atoms with E-state index in [4.69, 9.17) is 4.74 Å². The second-order valence-electron chi connectivity index (χ2n) is 5.05. The highest BCUT2D eigenvalue weighted by molar-refractivity contribution is 7.11. The van der Waals surface area contributed by atoms with Crippen LogP contribution < -0.4 is 0 Å². The van der Waals surface area contributed by atoms with Crippen molar-refractivity contribution in [2.24, 2.45) is 11.8 Å². The van der Waals surface area contributed by atoms with Crippen LogP contribution in [0.15, 0.2) is 0 Å². The number of esters is 1. The minimum atomic E-state index is -0.0866. The number of carbonyl (C=O) groups is 1. The van der Waals surface area contributed by atoms with Gasteiger partial charge in [-0.2, -0.15) is 0 Å². The van der Waals surface area contributed by atoms with Crippen LogP contribution in [0.3, 0.4) is 0 Å². The molecule has 100 valence electrons. The van der Waals surface area contributed by atoms with E-state index in [9.17, 15) is 4.79 Å². The maximum atomic E-state index is 11.6. The maximum Gasteiger partial charge on any atom is 0.310 e. The molecule has 1 fully saturated rings. The summed E-state index contributed by atoms with van der Waals surface area (Å²) < 4.78 is 4.85. The number of likely N-dealkylation sites (tertiary alicyclic amines) is 1. The average molecular weight is 268 g/mol. The molecule has 1 aliphatic rings. The molecule has 2 atom stereocenters. The number of hydrogen-bond acceptors (Lipinski definition) is 5. The van der Waals surface area contributed by atoms with Gasteiger partial charge >= 0.3 is 5.97 Å². The lowest BCUT2D eigenvalue weighted by Gasteiger charge is -2.13. The molecule has 0 saturated carbocycles. The summed E-state index contributed by atoms with van der Waals surface area (Å²) in [5.41, 5.74) is 1.12. The first-order valence-electron chi connectivity index (χ1n) is 6.24. The summed E-state index contributed by atoms with van der Waals surface area (Å²) in [4.78, 5) is 19.7. The molecule has 0 aliphatic carbocycles. The van der Waals surface area contributed by atoms with E-state index in [0.717, 1.165) is 30.3 Å². The van der Waals surface area contributed by atoms with Gasteiger partial charge in [-0.25, -0.2) is 4.98 Å². The SMILES string of the molecule is COC(=O)C1CN(Cc2nc(C)c(C)s2)CC1C. The van der Waals surface area contributed by atoms with Crippen molar-refractivity contribution in [2.75, 3.05) is 20.2 Å². The fourth-order valence-corrected chi connectivity index (χ4v) is 3.43. The fourth-order valence-electron chi connectivity index (χ4n) is 2.45. The van der Waals surface area contributed by atoms with Crippen LogP contribution in [0, 0.1) is 25.7 Å². The summed E-state index contributed by atoms with van der Waals surface area (Å²) in [6.45, 7) is 8.82. The zero-order valence-corrected chi connectivity index (χ0v) is 12.2. The van der Waals surface area contributed by atoms with E-state index in [2.05, 4.69) is 23.7 Å². The van der Waals surface area contributed by atoms with Crippen LogP contribution in [0.5, 0.6) is 0 Å². The number of methoxy groups -OCH3 is 1. The minimum Gasteiger partial charge on any atom is -0.469 e. The first-order valence-corrected chi connectivity index (χ1v) is 7.06. The van der Waals surface area contributed by atoms with Crippen molar-refractivity contribution in [1.82, 2.24) is 9.88 Å². The molecular weight excluding hydrogens is 248 g/mol. The number of ether oxygens (including phenoxy) is 1. The highest BCUT2D eigenvalue weighted by atomic mass is 32.1. The second kappa shape index (κ2) is 5.36. The number of aromatic nitrogens is 1. The Labute approximate surface area is 112 Å². The summed E-state index contributed by atoms with van der Waals surface area (Å²) in [7, 11) is 1.46. The Bertz CT molecular complexity index is 425. The molecule has 4 nitrogen and oxygen atoms in total. The first kappa shape index (κ1) is 13.5. The van der Waals surface area contributed by atoms with E-state index in [1.54, 1.807) is 11.3 Å². The average Bonchev–Trinajstić information content (AvgIpc) is 2.82. The molecule has 0 N–H and O–H groups in total. The molecule has 2 rings (SSSR count). The molecule has 1 aromatic heterocycles. The van der Waals surface area contributed by atoms with E-state index >= 15 is 0 Å².